The minimum atomic E-state index is -0.483. The van der Waals surface area contributed by atoms with E-state index in [1.807, 2.05) is 32.9 Å². The molecule has 0 aliphatic carbocycles. The minimum Gasteiger partial charge on any atom is -0.325 e. The van der Waals surface area contributed by atoms with Crippen LogP contribution in [0.25, 0.3) is 0 Å². The molecular weight excluding hydrogens is 312 g/mol. The lowest BCUT2D eigenvalue weighted by molar-refractivity contribution is -0.384. The van der Waals surface area contributed by atoms with Crippen LogP contribution in [-0.2, 0) is 4.79 Å². The van der Waals surface area contributed by atoms with Crippen molar-refractivity contribution in [1.29, 1.82) is 0 Å². The Labute approximate surface area is 139 Å². The molecule has 2 aromatic rings. The average Bonchev–Trinajstić information content (AvgIpc) is 2.50. The summed E-state index contributed by atoms with van der Waals surface area (Å²) in [4.78, 5) is 23.6. The number of anilines is 1. The molecule has 120 valence electrons. The number of nitro benzene ring substituents is 1. The highest BCUT2D eigenvalue weighted by molar-refractivity contribution is 8.00. The van der Waals surface area contributed by atoms with E-state index >= 15 is 0 Å². The molecular formula is C17H18N2O3S. The Bertz CT molecular complexity index is 746. The number of hydrogen-bond donors (Lipinski definition) is 1. The molecule has 5 nitrogen and oxygen atoms in total. The van der Waals surface area contributed by atoms with E-state index in [9.17, 15) is 14.9 Å². The number of aryl methyl sites for hydroxylation is 2. The molecule has 6 heteroatoms. The third-order valence-corrected chi connectivity index (χ3v) is 4.61. The van der Waals surface area contributed by atoms with Crippen LogP contribution in [-0.4, -0.2) is 16.1 Å². The van der Waals surface area contributed by atoms with Crippen LogP contribution in [0, 0.1) is 24.0 Å². The molecule has 23 heavy (non-hydrogen) atoms. The quantitative estimate of drug-likeness (QED) is 0.503. The number of nitrogens with one attached hydrogen (secondary N) is 1. The number of carbonyl (C=O) groups excluding carboxylic acids is 1. The average molecular weight is 330 g/mol. The standard InChI is InChI=1S/C17H18N2O3S/c1-11-7-8-16(12(2)9-11)23-13(3)17(20)18-14-5-4-6-15(10-14)19(21)22/h4-10,13H,1-3H3,(H,18,20)/t13-/m0/s1. The van der Waals surface area contributed by atoms with E-state index in [0.717, 1.165) is 10.5 Å². The molecule has 1 N–H and O–H groups in total. The third-order valence-electron chi connectivity index (χ3n) is 3.33. The maximum absolute atomic E-state index is 12.3. The maximum Gasteiger partial charge on any atom is 0.271 e. The predicted octanol–water partition coefficient (Wildman–Crippen LogP) is 4.33. The van der Waals surface area contributed by atoms with Crippen LogP contribution in [0.5, 0.6) is 0 Å². The number of carbonyl (C=O) groups is 1. The van der Waals surface area contributed by atoms with E-state index in [0.29, 0.717) is 5.69 Å². The molecule has 0 bridgehead atoms. The Morgan fingerprint density at radius 2 is 1.96 bits per heavy atom. The lowest BCUT2D eigenvalue weighted by Gasteiger charge is -2.13. The van der Waals surface area contributed by atoms with Gasteiger partial charge < -0.3 is 5.32 Å². The fraction of sp³-hybridized carbons (Fsp3) is 0.235. The van der Waals surface area contributed by atoms with Crippen molar-refractivity contribution in [2.45, 2.75) is 30.9 Å². The van der Waals surface area contributed by atoms with E-state index < -0.39 is 4.92 Å². The van der Waals surface area contributed by atoms with Gasteiger partial charge in [0.2, 0.25) is 5.91 Å². The van der Waals surface area contributed by atoms with Crippen LogP contribution < -0.4 is 5.32 Å². The molecule has 0 aliphatic heterocycles. The first kappa shape index (κ1) is 17.0. The first-order valence-corrected chi connectivity index (χ1v) is 8.04. The van der Waals surface area contributed by atoms with Crippen molar-refractivity contribution < 1.29 is 9.72 Å². The monoisotopic (exact) mass is 330 g/mol. The molecule has 2 aromatic carbocycles. The number of rotatable bonds is 5. The summed E-state index contributed by atoms with van der Waals surface area (Å²) < 4.78 is 0. The Kier molecular flexibility index (Phi) is 5.39. The fourth-order valence-corrected chi connectivity index (χ4v) is 3.05. The number of thioether (sulfide) groups is 1. The van der Waals surface area contributed by atoms with Gasteiger partial charge in [-0.05, 0) is 38.5 Å². The second-order valence-corrected chi connectivity index (χ2v) is 6.71. The SMILES string of the molecule is Cc1ccc(S[C@@H](C)C(=O)Nc2cccc([N+](=O)[O-])c2)c(C)c1. The summed E-state index contributed by atoms with van der Waals surface area (Å²) in [6, 6.07) is 12.0. The van der Waals surface area contributed by atoms with E-state index in [-0.39, 0.29) is 16.8 Å². The molecule has 0 saturated carbocycles. The molecule has 0 heterocycles. The summed E-state index contributed by atoms with van der Waals surface area (Å²) >= 11 is 1.47. The van der Waals surface area contributed by atoms with Gasteiger partial charge in [0.05, 0.1) is 10.2 Å². The van der Waals surface area contributed by atoms with Gasteiger partial charge in [0, 0.05) is 22.7 Å². The van der Waals surface area contributed by atoms with Crippen molar-refractivity contribution in [3.63, 3.8) is 0 Å². The summed E-state index contributed by atoms with van der Waals surface area (Å²) in [7, 11) is 0. The normalized spacial score (nSPS) is 11.8. The van der Waals surface area contributed by atoms with Crippen molar-refractivity contribution in [3.05, 3.63) is 63.7 Å². The third kappa shape index (κ3) is 4.56. The van der Waals surface area contributed by atoms with Gasteiger partial charge in [0.15, 0.2) is 0 Å². The van der Waals surface area contributed by atoms with Gasteiger partial charge in [-0.25, -0.2) is 0 Å². The zero-order valence-corrected chi connectivity index (χ0v) is 14.0. The predicted molar refractivity (Wildman–Crippen MR) is 93.0 cm³/mol. The highest BCUT2D eigenvalue weighted by Crippen LogP contribution is 2.28. The Morgan fingerprint density at radius 3 is 2.61 bits per heavy atom. The smallest absolute Gasteiger partial charge is 0.271 e. The van der Waals surface area contributed by atoms with Crippen molar-refractivity contribution in [1.82, 2.24) is 0 Å². The number of nitro groups is 1. The maximum atomic E-state index is 12.3. The molecule has 0 spiro atoms. The summed E-state index contributed by atoms with van der Waals surface area (Å²) in [6.07, 6.45) is 0. The van der Waals surface area contributed by atoms with Crippen molar-refractivity contribution in [3.8, 4) is 0 Å². The number of hydrogen-bond acceptors (Lipinski definition) is 4. The van der Waals surface area contributed by atoms with E-state index in [2.05, 4.69) is 11.4 Å². The van der Waals surface area contributed by atoms with Gasteiger partial charge in [-0.15, -0.1) is 11.8 Å². The Balaban J connectivity index is 2.05. The minimum absolute atomic E-state index is 0.0440. The molecule has 0 aliphatic rings. The molecule has 0 saturated heterocycles. The summed E-state index contributed by atoms with van der Waals surface area (Å²) in [5.41, 5.74) is 2.69. The lowest BCUT2D eigenvalue weighted by atomic mass is 10.2. The van der Waals surface area contributed by atoms with E-state index in [1.165, 1.54) is 29.5 Å². The molecule has 2 rings (SSSR count). The molecule has 1 amide bonds. The van der Waals surface area contributed by atoms with Gasteiger partial charge in [-0.1, -0.05) is 23.8 Å². The number of non-ortho nitro benzene ring substituents is 1. The fourth-order valence-electron chi connectivity index (χ4n) is 2.12. The molecule has 1 atom stereocenters. The van der Waals surface area contributed by atoms with E-state index in [4.69, 9.17) is 0 Å². The van der Waals surface area contributed by atoms with Gasteiger partial charge in [-0.2, -0.15) is 0 Å². The number of benzene rings is 2. The van der Waals surface area contributed by atoms with Crippen LogP contribution in [0.3, 0.4) is 0 Å². The number of amides is 1. The highest BCUT2D eigenvalue weighted by Gasteiger charge is 2.16. The van der Waals surface area contributed by atoms with Gasteiger partial charge in [-0.3, -0.25) is 14.9 Å². The van der Waals surface area contributed by atoms with Crippen molar-refractivity contribution in [2.24, 2.45) is 0 Å². The van der Waals surface area contributed by atoms with Gasteiger partial charge >= 0.3 is 0 Å². The van der Waals surface area contributed by atoms with E-state index in [1.54, 1.807) is 12.1 Å². The Morgan fingerprint density at radius 1 is 1.22 bits per heavy atom. The van der Waals surface area contributed by atoms with Gasteiger partial charge in [0.25, 0.3) is 5.69 Å². The first-order chi connectivity index (χ1) is 10.9. The molecule has 0 radical (unpaired) electrons. The zero-order valence-electron chi connectivity index (χ0n) is 13.2. The highest BCUT2D eigenvalue weighted by atomic mass is 32.2. The van der Waals surface area contributed by atoms with Crippen molar-refractivity contribution in [2.75, 3.05) is 5.32 Å². The second kappa shape index (κ2) is 7.28. The van der Waals surface area contributed by atoms with Crippen molar-refractivity contribution >= 4 is 29.0 Å². The lowest BCUT2D eigenvalue weighted by Crippen LogP contribution is -2.22. The second-order valence-electron chi connectivity index (χ2n) is 5.33. The first-order valence-electron chi connectivity index (χ1n) is 7.16. The van der Waals surface area contributed by atoms with Crippen LogP contribution >= 0.6 is 11.8 Å². The summed E-state index contributed by atoms with van der Waals surface area (Å²) in [6.45, 7) is 5.86. The van der Waals surface area contributed by atoms with Crippen LogP contribution in [0.15, 0.2) is 47.4 Å². The summed E-state index contributed by atoms with van der Waals surface area (Å²) in [5, 5.41) is 13.2. The largest absolute Gasteiger partial charge is 0.325 e. The number of nitrogens with zero attached hydrogens (tertiary/aromatic N) is 1. The zero-order chi connectivity index (χ0) is 17.0. The Hall–Kier alpha value is -2.34. The van der Waals surface area contributed by atoms with Crippen LogP contribution in [0.2, 0.25) is 0 Å². The van der Waals surface area contributed by atoms with Crippen LogP contribution in [0.1, 0.15) is 18.1 Å². The molecule has 0 aromatic heterocycles. The van der Waals surface area contributed by atoms with Crippen LogP contribution in [0.4, 0.5) is 11.4 Å². The topological polar surface area (TPSA) is 72.2 Å². The summed E-state index contributed by atoms with van der Waals surface area (Å²) in [5.74, 6) is -0.185. The molecule has 0 unspecified atom stereocenters. The molecule has 0 fully saturated rings. The van der Waals surface area contributed by atoms with Gasteiger partial charge in [0.1, 0.15) is 0 Å².